The number of halogens is 1. The number of likely N-dealkylation sites (tertiary alicyclic amines) is 1. The van der Waals surface area contributed by atoms with Gasteiger partial charge in [-0.05, 0) is 135 Å². The van der Waals surface area contributed by atoms with Gasteiger partial charge in [-0.3, -0.25) is 23.7 Å². The summed E-state index contributed by atoms with van der Waals surface area (Å²) < 4.78 is 10.3. The zero-order chi connectivity index (χ0) is 46.1. The van der Waals surface area contributed by atoms with Gasteiger partial charge in [0.15, 0.2) is 0 Å². The lowest BCUT2D eigenvalue weighted by Crippen LogP contribution is -2.45. The third-order valence-corrected chi connectivity index (χ3v) is 14.5. The van der Waals surface area contributed by atoms with E-state index >= 15 is 0 Å². The molecule has 4 atom stereocenters. The molecule has 0 radical (unpaired) electrons. The van der Waals surface area contributed by atoms with Gasteiger partial charge in [0.2, 0.25) is 0 Å². The lowest BCUT2D eigenvalue weighted by Gasteiger charge is -2.42. The Morgan fingerprint density at radius 3 is 1.85 bits per heavy atom. The zero-order valence-corrected chi connectivity index (χ0v) is 40.8. The Morgan fingerprint density at radius 2 is 1.21 bits per heavy atom. The number of rotatable bonds is 6. The van der Waals surface area contributed by atoms with Crippen LogP contribution in [0.2, 0.25) is 5.15 Å². The van der Waals surface area contributed by atoms with Crippen molar-refractivity contribution >= 4 is 40.6 Å². The minimum Gasteiger partial charge on any atom is -0.444 e. The number of imidazole rings is 2. The number of anilines is 2. The lowest BCUT2D eigenvalue weighted by molar-refractivity contribution is -0.00796. The Bertz CT molecular complexity index is 2620. The summed E-state index contributed by atoms with van der Waals surface area (Å²) in [5, 5.41) is 0.794. The molecule has 0 bridgehead atoms. The standard InChI is InChI=1S/C28H38N6O2.C24H30ClN5/c1-20-9-8-14-29-26(20)23-11-6-10-22(34(23)27(35)36-28(2,3)4)21-19-33-24(30-21)12-7-13-25(33)32-17-15-31(5)16-18-32;1-17-6-5-11-26-22(17)18-7-3-8-19(16-18)23-24(25)30-20(27-23)9-4-10-21(30)29-14-12-28(2)13-15-29/h7-9,12-14,19,22-23H,6,10-11,15-18H2,1-5H3;4-6,9-11,18-19H,3,7-8,12-16H2,1-2H3/t22-,23+;18-,19+/m00/s1. The highest BCUT2D eigenvalue weighted by Gasteiger charge is 2.41. The first-order chi connectivity index (χ1) is 31.8. The van der Waals surface area contributed by atoms with Gasteiger partial charge in [-0.15, -0.1) is 0 Å². The van der Waals surface area contributed by atoms with E-state index in [4.69, 9.17) is 36.3 Å². The van der Waals surface area contributed by atoms with E-state index < -0.39 is 5.60 Å². The Balaban J connectivity index is 0.000000169. The van der Waals surface area contributed by atoms with Gasteiger partial charge in [0.1, 0.15) is 33.7 Å². The van der Waals surface area contributed by atoms with Gasteiger partial charge in [-0.25, -0.2) is 14.8 Å². The summed E-state index contributed by atoms with van der Waals surface area (Å²) in [4.78, 5) is 44.7. The van der Waals surface area contributed by atoms with Crippen LogP contribution < -0.4 is 9.80 Å². The van der Waals surface area contributed by atoms with Crippen molar-refractivity contribution in [3.63, 3.8) is 0 Å². The maximum absolute atomic E-state index is 13.7. The molecule has 6 aromatic heterocycles. The minimum absolute atomic E-state index is 0.151. The SMILES string of the molecule is Cc1cccnc1[C@H]1CCC[C@@H](c2cn3c(N4CCN(C)CC4)cccc3n2)N1C(=O)OC(C)(C)C.Cc1cccnc1[C@H]1CCC[C@@H](c2nc3cccc(N4CCN(C)CC4)n3c2Cl)C1. The zero-order valence-electron chi connectivity index (χ0n) is 40.0. The molecule has 3 saturated heterocycles. The summed E-state index contributed by atoms with van der Waals surface area (Å²) in [5.74, 6) is 3.19. The third kappa shape index (κ3) is 9.76. The molecule has 0 spiro atoms. The molecule has 1 amide bonds. The number of carbonyl (C=O) groups is 1. The molecule has 10 rings (SSSR count). The minimum atomic E-state index is -0.587. The van der Waals surface area contributed by atoms with Crippen LogP contribution >= 0.6 is 11.6 Å². The van der Waals surface area contributed by atoms with E-state index in [0.29, 0.717) is 11.8 Å². The number of aromatic nitrogens is 6. The molecule has 4 aliphatic rings. The fourth-order valence-electron chi connectivity index (χ4n) is 10.7. The van der Waals surface area contributed by atoms with E-state index in [2.05, 4.69) is 105 Å². The van der Waals surface area contributed by atoms with Crippen molar-refractivity contribution in [2.75, 3.05) is 76.3 Å². The highest BCUT2D eigenvalue weighted by molar-refractivity contribution is 6.30. The van der Waals surface area contributed by atoms with Gasteiger partial charge in [0.25, 0.3) is 0 Å². The van der Waals surface area contributed by atoms with Crippen molar-refractivity contribution in [3.05, 3.63) is 118 Å². The van der Waals surface area contributed by atoms with Crippen molar-refractivity contribution in [2.45, 2.75) is 109 Å². The summed E-state index contributed by atoms with van der Waals surface area (Å²) in [7, 11) is 4.35. The molecule has 4 fully saturated rings. The molecular weight excluding hydrogens is 846 g/mol. The number of amides is 1. The van der Waals surface area contributed by atoms with Crippen LogP contribution in [0.4, 0.5) is 16.4 Å². The molecule has 6 aromatic rings. The molecule has 3 aliphatic heterocycles. The van der Waals surface area contributed by atoms with Gasteiger partial charge in [-0.2, -0.15) is 0 Å². The molecule has 0 unspecified atom stereocenters. The second-order valence-corrected chi connectivity index (χ2v) is 20.4. The average Bonchev–Trinajstić information content (AvgIpc) is 3.91. The number of aryl methyl sites for hydroxylation is 2. The van der Waals surface area contributed by atoms with E-state index in [0.717, 1.165) is 135 Å². The predicted molar refractivity (Wildman–Crippen MR) is 264 cm³/mol. The van der Waals surface area contributed by atoms with Gasteiger partial charge in [0, 0.05) is 88.5 Å². The average molecular weight is 915 g/mol. The molecule has 350 valence electrons. The fourth-order valence-corrected chi connectivity index (χ4v) is 11.0. The summed E-state index contributed by atoms with van der Waals surface area (Å²) in [5.41, 5.74) is 7.82. The highest BCUT2D eigenvalue weighted by atomic mass is 35.5. The number of likely N-dealkylation sites (N-methyl/N-ethyl adjacent to an activating group) is 2. The molecule has 13 nitrogen and oxygen atoms in total. The van der Waals surface area contributed by atoms with Crippen molar-refractivity contribution < 1.29 is 9.53 Å². The Hall–Kier alpha value is -5.24. The van der Waals surface area contributed by atoms with Crippen LogP contribution in [0.1, 0.15) is 124 Å². The fraction of sp³-hybridized carbons (Fsp3) is 0.519. The maximum Gasteiger partial charge on any atom is 0.411 e. The summed E-state index contributed by atoms with van der Waals surface area (Å²) in [6.45, 7) is 18.2. The summed E-state index contributed by atoms with van der Waals surface area (Å²) in [6, 6.07) is 20.5. The smallest absolute Gasteiger partial charge is 0.411 e. The molecule has 14 heteroatoms. The second-order valence-electron chi connectivity index (χ2n) is 20.0. The van der Waals surface area contributed by atoms with Crippen LogP contribution in [0.3, 0.4) is 0 Å². The summed E-state index contributed by atoms with van der Waals surface area (Å²) >= 11 is 7.02. The monoisotopic (exact) mass is 914 g/mol. The van der Waals surface area contributed by atoms with Crippen LogP contribution in [0.5, 0.6) is 0 Å². The Morgan fingerprint density at radius 1 is 0.652 bits per heavy atom. The maximum atomic E-state index is 13.7. The second kappa shape index (κ2) is 19.5. The van der Waals surface area contributed by atoms with E-state index in [9.17, 15) is 4.79 Å². The largest absolute Gasteiger partial charge is 0.444 e. The molecule has 66 heavy (non-hydrogen) atoms. The lowest BCUT2D eigenvalue weighted by atomic mass is 9.77. The van der Waals surface area contributed by atoms with Crippen LogP contribution in [-0.4, -0.2) is 122 Å². The van der Waals surface area contributed by atoms with Crippen LogP contribution in [0.25, 0.3) is 11.3 Å². The van der Waals surface area contributed by atoms with Gasteiger partial charge < -0.3 is 24.3 Å². The number of hydrogen-bond donors (Lipinski definition) is 0. The van der Waals surface area contributed by atoms with Crippen molar-refractivity contribution in [1.82, 2.24) is 43.4 Å². The van der Waals surface area contributed by atoms with Crippen molar-refractivity contribution in [3.8, 4) is 0 Å². The molecule has 0 N–H and O–H groups in total. The Kier molecular flexibility index (Phi) is 13.6. The number of pyridine rings is 4. The first-order valence-electron chi connectivity index (χ1n) is 24.2. The Labute approximate surface area is 395 Å². The van der Waals surface area contributed by atoms with Gasteiger partial charge in [0.05, 0.1) is 29.2 Å². The number of carbonyl (C=O) groups excluding carboxylic acids is 1. The van der Waals surface area contributed by atoms with Gasteiger partial charge >= 0.3 is 6.09 Å². The van der Waals surface area contributed by atoms with E-state index in [1.807, 2.05) is 56.3 Å². The number of piperazine rings is 2. The third-order valence-electron chi connectivity index (χ3n) is 14.2. The number of piperidine rings is 1. The van der Waals surface area contributed by atoms with Gasteiger partial charge in [-0.1, -0.05) is 42.3 Å². The topological polar surface area (TPSA) is 103 Å². The van der Waals surface area contributed by atoms with Crippen LogP contribution in [0, 0.1) is 13.8 Å². The number of nitrogens with zero attached hydrogens (tertiary/aromatic N) is 11. The molecule has 1 aliphatic carbocycles. The van der Waals surface area contributed by atoms with Crippen molar-refractivity contribution in [1.29, 1.82) is 0 Å². The van der Waals surface area contributed by atoms with Crippen LogP contribution in [0.15, 0.2) is 79.3 Å². The van der Waals surface area contributed by atoms with E-state index in [1.165, 1.54) is 24.1 Å². The molecule has 1 saturated carbocycles. The predicted octanol–water partition coefficient (Wildman–Crippen LogP) is 9.88. The van der Waals surface area contributed by atoms with E-state index in [1.54, 1.807) is 0 Å². The van der Waals surface area contributed by atoms with Crippen LogP contribution in [-0.2, 0) is 4.74 Å². The first kappa shape index (κ1) is 45.9. The number of fused-ring (bicyclic) bond motifs is 2. The molecule has 0 aromatic carbocycles. The quantitative estimate of drug-likeness (QED) is 0.161. The summed E-state index contributed by atoms with van der Waals surface area (Å²) in [6.07, 6.45) is 12.9. The molecular formula is C52H68ClN11O2. The van der Waals surface area contributed by atoms with E-state index in [-0.39, 0.29) is 18.2 Å². The highest BCUT2D eigenvalue weighted by Crippen LogP contribution is 2.45. The number of ether oxygens (including phenoxy) is 1. The number of hydrogen-bond acceptors (Lipinski definition) is 10. The van der Waals surface area contributed by atoms with Crippen molar-refractivity contribution in [2.24, 2.45) is 0 Å². The normalized spacial score (nSPS) is 22.4. The molecule has 9 heterocycles. The first-order valence-corrected chi connectivity index (χ1v) is 24.6.